The minimum atomic E-state index is -0.548. The van der Waals surface area contributed by atoms with Gasteiger partial charge in [0.1, 0.15) is 6.54 Å². The molecule has 2 aromatic rings. The number of hydrogen-bond acceptors (Lipinski definition) is 4. The second-order valence-electron chi connectivity index (χ2n) is 5.74. The molecule has 3 rings (SSSR count). The van der Waals surface area contributed by atoms with Gasteiger partial charge in [-0.3, -0.25) is 9.36 Å². The van der Waals surface area contributed by atoms with Gasteiger partial charge in [-0.1, -0.05) is 11.6 Å². The van der Waals surface area contributed by atoms with Gasteiger partial charge in [0.2, 0.25) is 5.91 Å². The molecule has 0 radical (unpaired) electrons. The second-order valence-corrected chi connectivity index (χ2v) is 6.17. The lowest BCUT2D eigenvalue weighted by molar-refractivity contribution is -0.122. The van der Waals surface area contributed by atoms with Crippen LogP contribution in [0.2, 0.25) is 5.02 Å². The summed E-state index contributed by atoms with van der Waals surface area (Å²) in [4.78, 5) is 26.3. The molecule has 0 bridgehead atoms. The van der Waals surface area contributed by atoms with Gasteiger partial charge in [-0.2, -0.15) is 0 Å². The Morgan fingerprint density at radius 3 is 3.09 bits per heavy atom. The summed E-state index contributed by atoms with van der Waals surface area (Å²) in [6.45, 7) is 1.84. The van der Waals surface area contributed by atoms with Crippen LogP contribution in [0.5, 0.6) is 0 Å². The van der Waals surface area contributed by atoms with E-state index < -0.39 is 5.76 Å². The van der Waals surface area contributed by atoms with Crippen LogP contribution in [0.15, 0.2) is 27.4 Å². The first-order valence-electron chi connectivity index (χ1n) is 7.30. The zero-order chi connectivity index (χ0) is 15.7. The summed E-state index contributed by atoms with van der Waals surface area (Å²) in [7, 11) is 2.04. The first-order chi connectivity index (χ1) is 10.5. The third-order valence-electron chi connectivity index (χ3n) is 3.92. The summed E-state index contributed by atoms with van der Waals surface area (Å²) in [6.07, 6.45) is 2.03. The highest BCUT2D eigenvalue weighted by Crippen LogP contribution is 2.18. The number of likely N-dealkylation sites (tertiary alicyclic amines) is 1. The molecule has 22 heavy (non-hydrogen) atoms. The Kier molecular flexibility index (Phi) is 4.22. The zero-order valence-electron chi connectivity index (χ0n) is 12.3. The van der Waals surface area contributed by atoms with Gasteiger partial charge in [0.05, 0.1) is 5.52 Å². The number of piperidine rings is 1. The molecule has 118 valence electrons. The van der Waals surface area contributed by atoms with Gasteiger partial charge in [-0.15, -0.1) is 0 Å². The fourth-order valence-electron chi connectivity index (χ4n) is 2.89. The molecule has 1 N–H and O–H groups in total. The lowest BCUT2D eigenvalue weighted by atomic mass is 10.1. The van der Waals surface area contributed by atoms with Crippen LogP contribution in [0, 0.1) is 0 Å². The van der Waals surface area contributed by atoms with Crippen molar-refractivity contribution >= 4 is 28.6 Å². The number of hydrogen-bond donors (Lipinski definition) is 1. The highest BCUT2D eigenvalue weighted by Gasteiger charge is 2.20. The highest BCUT2D eigenvalue weighted by molar-refractivity contribution is 6.31. The topological polar surface area (TPSA) is 67.5 Å². The Balaban J connectivity index is 1.74. The number of nitrogens with one attached hydrogen (secondary N) is 1. The number of carbonyl (C=O) groups excluding carboxylic acids is 1. The third-order valence-corrected chi connectivity index (χ3v) is 4.16. The number of nitrogens with zero attached hydrogens (tertiary/aromatic N) is 2. The SMILES string of the molecule is CN1CCC[C@@H](NC(=O)Cn2c(=O)oc3cc(Cl)ccc32)C1. The second kappa shape index (κ2) is 6.14. The minimum absolute atomic E-state index is 0.0479. The van der Waals surface area contributed by atoms with E-state index in [0.717, 1.165) is 25.9 Å². The Morgan fingerprint density at radius 1 is 1.50 bits per heavy atom. The standard InChI is InChI=1S/C15H18ClN3O3/c1-18-6-2-3-11(8-18)17-14(20)9-19-12-5-4-10(16)7-13(12)22-15(19)21/h4-5,7,11H,2-3,6,8-9H2,1H3,(H,17,20)/t11-/m1/s1. The summed E-state index contributed by atoms with van der Waals surface area (Å²) < 4.78 is 6.45. The Labute approximate surface area is 132 Å². The Bertz CT molecular complexity index is 752. The predicted octanol–water partition coefficient (Wildman–Crippen LogP) is 1.46. The molecule has 0 aliphatic carbocycles. The number of halogens is 1. The maximum absolute atomic E-state index is 12.2. The lowest BCUT2D eigenvalue weighted by Crippen LogP contribution is -2.47. The first-order valence-corrected chi connectivity index (χ1v) is 7.67. The fourth-order valence-corrected chi connectivity index (χ4v) is 3.05. The molecule has 0 saturated carbocycles. The van der Waals surface area contributed by atoms with Crippen LogP contribution in [-0.2, 0) is 11.3 Å². The van der Waals surface area contributed by atoms with Gasteiger partial charge in [-0.05, 0) is 38.6 Å². The van der Waals surface area contributed by atoms with E-state index in [0.29, 0.717) is 16.1 Å². The Hall–Kier alpha value is -1.79. The van der Waals surface area contributed by atoms with Crippen LogP contribution in [0.4, 0.5) is 0 Å². The van der Waals surface area contributed by atoms with Crippen molar-refractivity contribution in [2.24, 2.45) is 0 Å². The largest absolute Gasteiger partial charge is 0.420 e. The monoisotopic (exact) mass is 323 g/mol. The van der Waals surface area contributed by atoms with Gasteiger partial charge in [0, 0.05) is 23.7 Å². The van der Waals surface area contributed by atoms with Crippen LogP contribution in [0.3, 0.4) is 0 Å². The van der Waals surface area contributed by atoms with E-state index in [-0.39, 0.29) is 18.5 Å². The predicted molar refractivity (Wildman–Crippen MR) is 84.1 cm³/mol. The van der Waals surface area contributed by atoms with Crippen molar-refractivity contribution in [2.45, 2.75) is 25.4 Å². The molecule has 1 aromatic heterocycles. The average Bonchev–Trinajstić information content (AvgIpc) is 2.74. The molecule has 1 aliphatic rings. The van der Waals surface area contributed by atoms with E-state index in [9.17, 15) is 9.59 Å². The molecule has 1 saturated heterocycles. The maximum Gasteiger partial charge on any atom is 0.420 e. The van der Waals surface area contributed by atoms with Crippen LogP contribution >= 0.6 is 11.6 Å². The van der Waals surface area contributed by atoms with Crippen molar-refractivity contribution in [3.63, 3.8) is 0 Å². The summed E-state index contributed by atoms with van der Waals surface area (Å²) in [5.41, 5.74) is 0.966. The molecule has 1 fully saturated rings. The molecule has 7 heteroatoms. The quantitative estimate of drug-likeness (QED) is 0.928. The number of benzene rings is 1. The van der Waals surface area contributed by atoms with E-state index >= 15 is 0 Å². The minimum Gasteiger partial charge on any atom is -0.408 e. The molecule has 1 atom stereocenters. The van der Waals surface area contributed by atoms with E-state index in [2.05, 4.69) is 10.2 Å². The molecule has 1 amide bonds. The lowest BCUT2D eigenvalue weighted by Gasteiger charge is -2.30. The van der Waals surface area contributed by atoms with Gasteiger partial charge in [-0.25, -0.2) is 4.79 Å². The summed E-state index contributed by atoms with van der Waals surface area (Å²) in [5.74, 6) is -0.728. The molecular formula is C15H18ClN3O3. The molecule has 0 unspecified atom stereocenters. The molecule has 1 aromatic carbocycles. The Morgan fingerprint density at radius 2 is 2.32 bits per heavy atom. The summed E-state index contributed by atoms with van der Waals surface area (Å²) in [5, 5.41) is 3.47. The summed E-state index contributed by atoms with van der Waals surface area (Å²) in [6, 6.07) is 5.06. The number of rotatable bonds is 3. The van der Waals surface area contributed by atoms with Crippen molar-refractivity contribution < 1.29 is 9.21 Å². The normalized spacial score (nSPS) is 19.5. The van der Waals surface area contributed by atoms with Crippen LogP contribution in [-0.4, -0.2) is 41.6 Å². The number of fused-ring (bicyclic) bond motifs is 1. The van der Waals surface area contributed by atoms with Crippen molar-refractivity contribution in [1.82, 2.24) is 14.8 Å². The number of amides is 1. The number of carbonyl (C=O) groups is 1. The van der Waals surface area contributed by atoms with Crippen molar-refractivity contribution in [3.05, 3.63) is 33.8 Å². The van der Waals surface area contributed by atoms with E-state index in [1.165, 1.54) is 4.57 Å². The van der Waals surface area contributed by atoms with Crippen molar-refractivity contribution in [1.29, 1.82) is 0 Å². The molecule has 2 heterocycles. The number of oxazole rings is 1. The van der Waals surface area contributed by atoms with Gasteiger partial charge >= 0.3 is 5.76 Å². The molecule has 1 aliphatic heterocycles. The van der Waals surface area contributed by atoms with Crippen LogP contribution < -0.4 is 11.1 Å². The van der Waals surface area contributed by atoms with Crippen molar-refractivity contribution in [3.8, 4) is 0 Å². The van der Waals surface area contributed by atoms with Gasteiger partial charge in [0.25, 0.3) is 0 Å². The van der Waals surface area contributed by atoms with Gasteiger partial charge in [0.15, 0.2) is 5.58 Å². The number of aromatic nitrogens is 1. The molecular weight excluding hydrogens is 306 g/mol. The molecule has 6 nitrogen and oxygen atoms in total. The van der Waals surface area contributed by atoms with Crippen LogP contribution in [0.1, 0.15) is 12.8 Å². The fraction of sp³-hybridized carbons (Fsp3) is 0.467. The van der Waals surface area contributed by atoms with E-state index in [4.69, 9.17) is 16.0 Å². The molecule has 0 spiro atoms. The van der Waals surface area contributed by atoms with E-state index in [1.54, 1.807) is 18.2 Å². The maximum atomic E-state index is 12.2. The van der Waals surface area contributed by atoms with E-state index in [1.807, 2.05) is 7.05 Å². The van der Waals surface area contributed by atoms with Crippen molar-refractivity contribution in [2.75, 3.05) is 20.1 Å². The average molecular weight is 324 g/mol. The van der Waals surface area contributed by atoms with Gasteiger partial charge < -0.3 is 14.6 Å². The smallest absolute Gasteiger partial charge is 0.408 e. The highest BCUT2D eigenvalue weighted by atomic mass is 35.5. The summed E-state index contributed by atoms with van der Waals surface area (Å²) >= 11 is 5.87. The zero-order valence-corrected chi connectivity index (χ0v) is 13.1. The number of likely N-dealkylation sites (N-methyl/N-ethyl adjacent to an activating group) is 1. The van der Waals surface area contributed by atoms with Crippen LogP contribution in [0.25, 0.3) is 11.1 Å². The third kappa shape index (κ3) is 3.18. The first kappa shape index (κ1) is 15.1.